The number of rotatable bonds is 5. The molecule has 0 fully saturated rings. The Morgan fingerprint density at radius 1 is 1.26 bits per heavy atom. The molecule has 0 aliphatic carbocycles. The van der Waals surface area contributed by atoms with Crippen LogP contribution in [0.2, 0.25) is 0 Å². The number of carbonyl (C=O) groups is 1. The van der Waals surface area contributed by atoms with Crippen molar-refractivity contribution in [2.24, 2.45) is 17.4 Å². The van der Waals surface area contributed by atoms with Crippen LogP contribution in [0.25, 0.3) is 22.4 Å². The van der Waals surface area contributed by atoms with Crippen LogP contribution in [-0.4, -0.2) is 32.0 Å². The lowest BCUT2D eigenvalue weighted by Gasteiger charge is -2.36. The van der Waals surface area contributed by atoms with Gasteiger partial charge in [-0.15, -0.1) is 0 Å². The smallest absolute Gasteiger partial charge is 0.369 e. The number of hydrogen-bond donors (Lipinski definition) is 3. The minimum atomic E-state index is -4.95. The molecule has 0 aliphatic rings. The van der Waals surface area contributed by atoms with E-state index in [1.54, 1.807) is 24.5 Å². The average Bonchev–Trinajstić information content (AvgIpc) is 3.05. The maximum Gasteiger partial charge on any atom is 0.412 e. The zero-order valence-corrected chi connectivity index (χ0v) is 14.3. The molecule has 1 amide bonds. The van der Waals surface area contributed by atoms with E-state index in [-0.39, 0.29) is 12.2 Å². The van der Waals surface area contributed by atoms with Crippen molar-refractivity contribution >= 4 is 16.9 Å². The van der Waals surface area contributed by atoms with Crippen LogP contribution in [0, 0.1) is 5.92 Å². The van der Waals surface area contributed by atoms with Crippen molar-refractivity contribution < 1.29 is 18.0 Å². The number of pyridine rings is 1. The molecule has 0 saturated carbocycles. The van der Waals surface area contributed by atoms with Crippen LogP contribution in [0.1, 0.15) is 19.0 Å². The minimum Gasteiger partial charge on any atom is -0.369 e. The number of nitrogens with two attached hydrogens (primary N) is 2. The molecule has 0 radical (unpaired) electrons. The molecule has 3 aromatic rings. The highest BCUT2D eigenvalue weighted by molar-refractivity contribution is 5.91. The lowest BCUT2D eigenvalue weighted by atomic mass is 9.78. The second kappa shape index (κ2) is 6.62. The molecule has 27 heavy (non-hydrogen) atoms. The number of carbonyl (C=O) groups excluding carboxylic acids is 1. The van der Waals surface area contributed by atoms with Gasteiger partial charge in [0.25, 0.3) is 0 Å². The lowest BCUT2D eigenvalue weighted by Crippen LogP contribution is -2.59. The van der Waals surface area contributed by atoms with E-state index >= 15 is 0 Å². The summed E-state index contributed by atoms with van der Waals surface area (Å²) in [6.45, 7) is 1.41. The van der Waals surface area contributed by atoms with E-state index in [0.717, 1.165) is 6.07 Å². The highest BCUT2D eigenvalue weighted by Crippen LogP contribution is 2.43. The molecule has 0 saturated heterocycles. The van der Waals surface area contributed by atoms with Crippen LogP contribution in [0.15, 0.2) is 36.8 Å². The van der Waals surface area contributed by atoms with E-state index in [9.17, 15) is 18.0 Å². The summed E-state index contributed by atoms with van der Waals surface area (Å²) in [5.74, 6) is -2.79. The molecule has 3 rings (SSSR count). The first-order chi connectivity index (χ1) is 12.7. The van der Waals surface area contributed by atoms with Gasteiger partial charge in [-0.2, -0.15) is 13.2 Å². The number of alkyl halides is 3. The fraction of sp³-hybridized carbons (Fsp3) is 0.294. The fourth-order valence-corrected chi connectivity index (χ4v) is 3.13. The number of H-pyrrole nitrogens is 1. The Bertz CT molecular complexity index is 986. The van der Waals surface area contributed by atoms with Gasteiger partial charge < -0.3 is 16.5 Å². The van der Waals surface area contributed by atoms with Crippen molar-refractivity contribution in [2.75, 3.05) is 0 Å². The number of fused-ring (bicyclic) bond motifs is 1. The Hall–Kier alpha value is -3.01. The van der Waals surface area contributed by atoms with Crippen molar-refractivity contribution in [2.45, 2.75) is 25.1 Å². The van der Waals surface area contributed by atoms with Gasteiger partial charge in [0.1, 0.15) is 5.65 Å². The Kier molecular flexibility index (Phi) is 4.60. The van der Waals surface area contributed by atoms with Crippen LogP contribution < -0.4 is 11.5 Å². The maximum atomic E-state index is 13.9. The van der Waals surface area contributed by atoms with Gasteiger partial charge in [-0.05, 0) is 24.6 Å². The summed E-state index contributed by atoms with van der Waals surface area (Å²) in [5.41, 5.74) is 8.40. The van der Waals surface area contributed by atoms with Crippen LogP contribution in [0.4, 0.5) is 13.2 Å². The van der Waals surface area contributed by atoms with Gasteiger partial charge in [0.05, 0.1) is 11.6 Å². The van der Waals surface area contributed by atoms with E-state index in [1.807, 2.05) is 0 Å². The second-order valence-electron chi connectivity index (χ2n) is 6.10. The topological polar surface area (TPSA) is 124 Å². The molecule has 0 aliphatic heterocycles. The summed E-state index contributed by atoms with van der Waals surface area (Å²) in [7, 11) is 0. The quantitative estimate of drug-likeness (QED) is 0.628. The number of aromatic amines is 1. The molecule has 10 heteroatoms. The van der Waals surface area contributed by atoms with Gasteiger partial charge in [0.2, 0.25) is 5.91 Å². The number of halogens is 3. The normalized spacial score (nSPS) is 15.4. The molecule has 2 atom stereocenters. The molecule has 0 bridgehead atoms. The van der Waals surface area contributed by atoms with E-state index < -0.39 is 29.2 Å². The molecule has 2 unspecified atom stereocenters. The summed E-state index contributed by atoms with van der Waals surface area (Å²) in [6.07, 6.45) is -0.840. The number of amides is 1. The minimum absolute atomic E-state index is 0.0325. The standard InChI is InChI=1S/C17H17F3N6O/c1-2-11(13(21)27)16(22,17(18,19)20)12-5-7-24-15(26-12)10-8-25-14-9(10)4-3-6-23-14/h3-8,11H,2,22H2,1H3,(H2,21,27)(H,23,25). The summed E-state index contributed by atoms with van der Waals surface area (Å²) in [5, 5.41) is 0.645. The largest absolute Gasteiger partial charge is 0.412 e. The van der Waals surface area contributed by atoms with Gasteiger partial charge in [0, 0.05) is 29.5 Å². The monoisotopic (exact) mass is 378 g/mol. The Morgan fingerprint density at radius 2 is 2.00 bits per heavy atom. The summed E-state index contributed by atoms with van der Waals surface area (Å²) in [6, 6.07) is 4.48. The van der Waals surface area contributed by atoms with Crippen molar-refractivity contribution in [3.63, 3.8) is 0 Å². The van der Waals surface area contributed by atoms with E-state index in [1.165, 1.54) is 13.1 Å². The predicted octanol–water partition coefficient (Wildman–Crippen LogP) is 2.25. The lowest BCUT2D eigenvalue weighted by molar-refractivity contribution is -0.207. The number of nitrogens with one attached hydrogen (secondary N) is 1. The van der Waals surface area contributed by atoms with Crippen molar-refractivity contribution in [1.29, 1.82) is 0 Å². The Labute approximate surface area is 152 Å². The number of nitrogens with zero attached hydrogens (tertiary/aromatic N) is 3. The van der Waals surface area contributed by atoms with E-state index in [4.69, 9.17) is 11.5 Å². The van der Waals surface area contributed by atoms with Crippen molar-refractivity contribution in [3.8, 4) is 11.4 Å². The zero-order chi connectivity index (χ0) is 19.8. The van der Waals surface area contributed by atoms with E-state index in [2.05, 4.69) is 19.9 Å². The van der Waals surface area contributed by atoms with Crippen LogP contribution in [-0.2, 0) is 10.3 Å². The van der Waals surface area contributed by atoms with Gasteiger partial charge in [0.15, 0.2) is 11.4 Å². The van der Waals surface area contributed by atoms with Crippen molar-refractivity contribution in [1.82, 2.24) is 19.9 Å². The van der Waals surface area contributed by atoms with Crippen LogP contribution >= 0.6 is 0 Å². The maximum absolute atomic E-state index is 13.9. The van der Waals surface area contributed by atoms with Crippen molar-refractivity contribution in [3.05, 3.63) is 42.5 Å². The number of aromatic nitrogens is 4. The molecule has 142 valence electrons. The third-order valence-corrected chi connectivity index (χ3v) is 4.54. The highest BCUT2D eigenvalue weighted by atomic mass is 19.4. The summed E-state index contributed by atoms with van der Waals surface area (Å²) in [4.78, 5) is 26.8. The number of primary amides is 1. The van der Waals surface area contributed by atoms with Crippen LogP contribution in [0.3, 0.4) is 0 Å². The molecular weight excluding hydrogens is 361 g/mol. The summed E-state index contributed by atoms with van der Waals surface area (Å²) < 4.78 is 41.7. The summed E-state index contributed by atoms with van der Waals surface area (Å²) >= 11 is 0. The van der Waals surface area contributed by atoms with Gasteiger partial charge >= 0.3 is 6.18 Å². The fourth-order valence-electron chi connectivity index (χ4n) is 3.13. The molecule has 0 spiro atoms. The van der Waals surface area contributed by atoms with Gasteiger partial charge in [-0.3, -0.25) is 4.79 Å². The first-order valence-electron chi connectivity index (χ1n) is 8.11. The third-order valence-electron chi connectivity index (χ3n) is 4.54. The second-order valence-corrected chi connectivity index (χ2v) is 6.10. The van der Waals surface area contributed by atoms with Gasteiger partial charge in [-0.1, -0.05) is 6.92 Å². The molecule has 3 aromatic heterocycles. The molecule has 7 nitrogen and oxygen atoms in total. The predicted molar refractivity (Wildman–Crippen MR) is 92.0 cm³/mol. The highest BCUT2D eigenvalue weighted by Gasteiger charge is 2.60. The first-order valence-corrected chi connectivity index (χ1v) is 8.11. The zero-order valence-electron chi connectivity index (χ0n) is 14.3. The SMILES string of the molecule is CCC(C(N)=O)C(N)(c1ccnc(-c2c[nH]c3ncccc23)n1)C(F)(F)F. The Morgan fingerprint density at radius 3 is 2.63 bits per heavy atom. The first kappa shape index (κ1) is 18.8. The molecule has 3 heterocycles. The number of hydrogen-bond acceptors (Lipinski definition) is 5. The molecule has 0 aromatic carbocycles. The third kappa shape index (κ3) is 3.01. The van der Waals surface area contributed by atoms with E-state index in [0.29, 0.717) is 16.6 Å². The van der Waals surface area contributed by atoms with Gasteiger partial charge in [-0.25, -0.2) is 15.0 Å². The molecule has 5 N–H and O–H groups in total. The van der Waals surface area contributed by atoms with Crippen LogP contribution in [0.5, 0.6) is 0 Å². The Balaban J connectivity index is 2.19. The average molecular weight is 378 g/mol. The molecular formula is C17H17F3N6O.